The summed E-state index contributed by atoms with van der Waals surface area (Å²) in [5.41, 5.74) is 1.20. The summed E-state index contributed by atoms with van der Waals surface area (Å²) in [6, 6.07) is 11.7. The molecule has 0 spiro atoms. The SMILES string of the molecule is Cc1cc[c]c(-c2ccc([N+](=O)[O-])cc2[N+](=O)[O-])c1. The maximum Gasteiger partial charge on any atom is 0.284 e. The fraction of sp³-hybridized carbons (Fsp3) is 0.0769. The Bertz CT molecular complexity index is 667. The molecular weight excluding hydrogens is 248 g/mol. The van der Waals surface area contributed by atoms with E-state index in [1.807, 2.05) is 13.0 Å². The van der Waals surface area contributed by atoms with Crippen molar-refractivity contribution < 1.29 is 9.85 Å². The zero-order chi connectivity index (χ0) is 14.0. The van der Waals surface area contributed by atoms with E-state index in [0.29, 0.717) is 11.1 Å². The van der Waals surface area contributed by atoms with Crippen LogP contribution in [-0.4, -0.2) is 9.85 Å². The van der Waals surface area contributed by atoms with Crippen LogP contribution < -0.4 is 0 Å². The number of nitrogens with zero attached hydrogens (tertiary/aromatic N) is 2. The summed E-state index contributed by atoms with van der Waals surface area (Å²) in [6.07, 6.45) is 0. The summed E-state index contributed by atoms with van der Waals surface area (Å²) in [6.45, 7) is 1.86. The number of hydrogen-bond acceptors (Lipinski definition) is 4. The van der Waals surface area contributed by atoms with Crippen LogP contribution in [-0.2, 0) is 0 Å². The third-order valence-electron chi connectivity index (χ3n) is 2.64. The van der Waals surface area contributed by atoms with Crippen molar-refractivity contribution in [1.29, 1.82) is 0 Å². The number of non-ortho nitro benzene ring substituents is 1. The number of hydrogen-bond donors (Lipinski definition) is 0. The first kappa shape index (κ1) is 12.7. The zero-order valence-electron chi connectivity index (χ0n) is 9.99. The molecule has 0 aliphatic rings. The lowest BCUT2D eigenvalue weighted by atomic mass is 10.0. The Morgan fingerprint density at radius 3 is 2.37 bits per heavy atom. The van der Waals surface area contributed by atoms with Crippen LogP contribution in [0.4, 0.5) is 11.4 Å². The molecule has 0 fully saturated rings. The molecule has 0 amide bonds. The third kappa shape index (κ3) is 2.57. The minimum atomic E-state index is -0.656. The molecule has 1 radical (unpaired) electrons. The van der Waals surface area contributed by atoms with Crippen LogP contribution >= 0.6 is 0 Å². The smallest absolute Gasteiger partial charge is 0.258 e. The maximum absolute atomic E-state index is 11.0. The van der Waals surface area contributed by atoms with E-state index >= 15 is 0 Å². The lowest BCUT2D eigenvalue weighted by Gasteiger charge is -2.03. The number of nitro benzene ring substituents is 2. The summed E-state index contributed by atoms with van der Waals surface area (Å²) >= 11 is 0. The Morgan fingerprint density at radius 2 is 1.79 bits per heavy atom. The number of benzene rings is 2. The van der Waals surface area contributed by atoms with Crippen molar-refractivity contribution in [3.8, 4) is 11.1 Å². The first-order valence-electron chi connectivity index (χ1n) is 5.40. The minimum Gasteiger partial charge on any atom is -0.258 e. The van der Waals surface area contributed by atoms with Gasteiger partial charge in [-0.05, 0) is 24.6 Å². The average Bonchev–Trinajstić information content (AvgIpc) is 2.37. The predicted octanol–water partition coefficient (Wildman–Crippen LogP) is 3.28. The Labute approximate surface area is 108 Å². The van der Waals surface area contributed by atoms with Gasteiger partial charge in [-0.25, -0.2) is 0 Å². The topological polar surface area (TPSA) is 86.3 Å². The highest BCUT2D eigenvalue weighted by molar-refractivity contribution is 5.75. The fourth-order valence-corrected chi connectivity index (χ4v) is 1.75. The summed E-state index contributed by atoms with van der Waals surface area (Å²) in [5, 5.41) is 21.7. The van der Waals surface area contributed by atoms with Gasteiger partial charge in [0.25, 0.3) is 11.4 Å². The molecule has 6 heteroatoms. The van der Waals surface area contributed by atoms with E-state index in [4.69, 9.17) is 0 Å². The highest BCUT2D eigenvalue weighted by Gasteiger charge is 2.20. The molecule has 0 saturated carbocycles. The van der Waals surface area contributed by atoms with Gasteiger partial charge >= 0.3 is 0 Å². The van der Waals surface area contributed by atoms with Gasteiger partial charge in [0.1, 0.15) is 0 Å². The monoisotopic (exact) mass is 257 g/mol. The molecule has 2 aromatic carbocycles. The van der Waals surface area contributed by atoms with Gasteiger partial charge in [0, 0.05) is 6.07 Å². The van der Waals surface area contributed by atoms with E-state index in [9.17, 15) is 20.2 Å². The molecule has 0 N–H and O–H groups in total. The molecule has 0 saturated heterocycles. The highest BCUT2D eigenvalue weighted by Crippen LogP contribution is 2.32. The van der Waals surface area contributed by atoms with Crippen LogP contribution in [0.5, 0.6) is 0 Å². The van der Waals surface area contributed by atoms with E-state index in [2.05, 4.69) is 6.07 Å². The molecule has 0 aliphatic heterocycles. The van der Waals surface area contributed by atoms with E-state index in [-0.39, 0.29) is 11.4 Å². The first-order valence-corrected chi connectivity index (χ1v) is 5.40. The Morgan fingerprint density at radius 1 is 1.05 bits per heavy atom. The van der Waals surface area contributed by atoms with Crippen molar-refractivity contribution in [3.05, 3.63) is 68.3 Å². The van der Waals surface area contributed by atoms with Crippen LogP contribution in [0.2, 0.25) is 0 Å². The molecular formula is C13H9N2O4. The lowest BCUT2D eigenvalue weighted by molar-refractivity contribution is -0.393. The molecule has 0 unspecified atom stereocenters. The van der Waals surface area contributed by atoms with Crippen LogP contribution in [0, 0.1) is 33.2 Å². The summed E-state index contributed by atoms with van der Waals surface area (Å²) < 4.78 is 0. The van der Waals surface area contributed by atoms with Crippen molar-refractivity contribution in [2.45, 2.75) is 6.92 Å². The van der Waals surface area contributed by atoms with Crippen molar-refractivity contribution in [2.75, 3.05) is 0 Å². The van der Waals surface area contributed by atoms with Gasteiger partial charge in [0.2, 0.25) is 0 Å². The molecule has 95 valence electrons. The quantitative estimate of drug-likeness (QED) is 0.623. The Balaban J connectivity index is 2.63. The normalized spacial score (nSPS) is 10.2. The van der Waals surface area contributed by atoms with Gasteiger partial charge in [-0.1, -0.05) is 23.8 Å². The summed E-state index contributed by atoms with van der Waals surface area (Å²) in [5.74, 6) is 0. The molecule has 0 atom stereocenters. The average molecular weight is 257 g/mol. The van der Waals surface area contributed by atoms with Crippen LogP contribution in [0.3, 0.4) is 0 Å². The van der Waals surface area contributed by atoms with Crippen molar-refractivity contribution in [1.82, 2.24) is 0 Å². The van der Waals surface area contributed by atoms with Gasteiger partial charge < -0.3 is 0 Å². The van der Waals surface area contributed by atoms with Gasteiger partial charge in [0.15, 0.2) is 0 Å². The van der Waals surface area contributed by atoms with E-state index in [1.54, 1.807) is 12.1 Å². The van der Waals surface area contributed by atoms with Gasteiger partial charge in [0.05, 0.1) is 21.5 Å². The second kappa shape index (κ2) is 4.85. The second-order valence-electron chi connectivity index (χ2n) is 4.00. The first-order chi connectivity index (χ1) is 8.99. The maximum atomic E-state index is 11.0. The lowest BCUT2D eigenvalue weighted by Crippen LogP contribution is -1.95. The zero-order valence-corrected chi connectivity index (χ0v) is 9.99. The van der Waals surface area contributed by atoms with Crippen molar-refractivity contribution in [3.63, 3.8) is 0 Å². The molecule has 0 aromatic heterocycles. The van der Waals surface area contributed by atoms with Gasteiger partial charge in [-0.3, -0.25) is 20.2 Å². The molecule has 2 aromatic rings. The second-order valence-corrected chi connectivity index (χ2v) is 4.00. The predicted molar refractivity (Wildman–Crippen MR) is 68.8 cm³/mol. The molecule has 0 heterocycles. The van der Waals surface area contributed by atoms with Crippen LogP contribution in [0.1, 0.15) is 5.56 Å². The van der Waals surface area contributed by atoms with Crippen LogP contribution in [0.25, 0.3) is 11.1 Å². The number of nitro groups is 2. The Kier molecular flexibility index (Phi) is 3.24. The standard InChI is InChI=1S/C13H9N2O4/c1-9-3-2-4-10(7-9)12-6-5-11(14(16)17)8-13(12)15(18)19/h2-3,5-8H,1H3. The Hall–Kier alpha value is -2.76. The summed E-state index contributed by atoms with van der Waals surface area (Å²) in [4.78, 5) is 20.4. The van der Waals surface area contributed by atoms with Crippen molar-refractivity contribution in [2.24, 2.45) is 0 Å². The largest absolute Gasteiger partial charge is 0.284 e. The number of aryl methyl sites for hydroxylation is 1. The van der Waals surface area contributed by atoms with E-state index in [1.165, 1.54) is 12.1 Å². The minimum absolute atomic E-state index is 0.295. The molecule has 0 bridgehead atoms. The fourth-order valence-electron chi connectivity index (χ4n) is 1.75. The van der Waals surface area contributed by atoms with Crippen molar-refractivity contribution >= 4 is 11.4 Å². The van der Waals surface area contributed by atoms with Crippen LogP contribution in [0.15, 0.2) is 36.4 Å². The molecule has 2 rings (SSSR count). The molecule has 6 nitrogen and oxygen atoms in total. The number of rotatable bonds is 3. The summed E-state index contributed by atoms with van der Waals surface area (Å²) in [7, 11) is 0. The molecule has 19 heavy (non-hydrogen) atoms. The third-order valence-corrected chi connectivity index (χ3v) is 2.64. The molecule has 0 aliphatic carbocycles. The van der Waals surface area contributed by atoms with E-state index in [0.717, 1.165) is 11.6 Å². The van der Waals surface area contributed by atoms with Gasteiger partial charge in [-0.2, -0.15) is 0 Å². The van der Waals surface area contributed by atoms with Gasteiger partial charge in [-0.15, -0.1) is 0 Å². The van der Waals surface area contributed by atoms with E-state index < -0.39 is 9.85 Å². The highest BCUT2D eigenvalue weighted by atomic mass is 16.6.